The topological polar surface area (TPSA) is 97.3 Å². The molecular weight excluding hydrogens is 579 g/mol. The van der Waals surface area contributed by atoms with Crippen LogP contribution in [0.1, 0.15) is 80.9 Å². The SMILES string of the molecule is COc1nc2nc(C)nc(N[C@H](C)c3cccc(C(F)(F)C4CCN(C(C)C)CC4)c3F)c2cc1C1CCS(=O)(=O)CC1. The van der Waals surface area contributed by atoms with Crippen LogP contribution in [0.25, 0.3) is 11.0 Å². The van der Waals surface area contributed by atoms with Crippen LogP contribution in [0.4, 0.5) is 19.0 Å². The highest BCUT2D eigenvalue weighted by atomic mass is 32.2. The van der Waals surface area contributed by atoms with Gasteiger partial charge in [-0.3, -0.25) is 0 Å². The highest BCUT2D eigenvalue weighted by Crippen LogP contribution is 2.44. The number of aromatic nitrogens is 3. The Morgan fingerprint density at radius 3 is 2.35 bits per heavy atom. The van der Waals surface area contributed by atoms with Crippen LogP contribution in [0.3, 0.4) is 0 Å². The largest absolute Gasteiger partial charge is 0.481 e. The number of sulfone groups is 1. The molecular formula is C31H40F3N5O3S. The lowest BCUT2D eigenvalue weighted by atomic mass is 9.85. The van der Waals surface area contributed by atoms with E-state index in [0.29, 0.717) is 67.3 Å². The average molecular weight is 620 g/mol. The molecule has 0 bridgehead atoms. The molecule has 1 aromatic carbocycles. The van der Waals surface area contributed by atoms with Crippen molar-refractivity contribution in [2.45, 2.75) is 77.3 Å². The fraction of sp³-hybridized carbons (Fsp3) is 0.581. The standard InChI is InChI=1S/C31H40F3N5O3S/c1-18(2)39-13-9-22(10-14-39)31(33,34)26-8-6-7-23(27(26)32)19(3)35-28-25-17-24(21-11-15-43(40,41)16-12-21)30(42-5)38-29(25)37-20(4)36-28/h6-8,17-19,21-22H,9-16H2,1-5H3,(H,35,36,37,38)/t19-/m1/s1. The Morgan fingerprint density at radius 2 is 1.72 bits per heavy atom. The number of fused-ring (bicyclic) bond motifs is 1. The van der Waals surface area contributed by atoms with Gasteiger partial charge in [0.15, 0.2) is 5.65 Å². The summed E-state index contributed by atoms with van der Waals surface area (Å²) in [6.07, 6.45) is 1.50. The second kappa shape index (κ2) is 12.2. The van der Waals surface area contributed by atoms with Gasteiger partial charge in [0.2, 0.25) is 5.88 Å². The van der Waals surface area contributed by atoms with Gasteiger partial charge in [-0.05, 0) is 78.5 Å². The molecule has 2 saturated heterocycles. The minimum atomic E-state index is -3.30. The molecule has 0 spiro atoms. The van der Waals surface area contributed by atoms with Gasteiger partial charge in [-0.25, -0.2) is 31.6 Å². The molecule has 1 atom stereocenters. The molecule has 2 aliphatic heterocycles. The van der Waals surface area contributed by atoms with E-state index in [9.17, 15) is 8.42 Å². The molecule has 1 N–H and O–H groups in total. The van der Waals surface area contributed by atoms with Crippen LogP contribution in [0.15, 0.2) is 24.3 Å². The summed E-state index contributed by atoms with van der Waals surface area (Å²) in [4.78, 5) is 15.8. The van der Waals surface area contributed by atoms with Crippen molar-refractivity contribution in [1.29, 1.82) is 0 Å². The third kappa shape index (κ3) is 6.45. The lowest BCUT2D eigenvalue weighted by Crippen LogP contribution is -2.42. The molecule has 8 nitrogen and oxygen atoms in total. The molecule has 2 fully saturated rings. The summed E-state index contributed by atoms with van der Waals surface area (Å²) in [6.45, 7) is 8.64. The predicted molar refractivity (Wildman–Crippen MR) is 161 cm³/mol. The van der Waals surface area contributed by atoms with Gasteiger partial charge < -0.3 is 15.0 Å². The monoisotopic (exact) mass is 619 g/mol. The van der Waals surface area contributed by atoms with E-state index in [1.165, 1.54) is 25.3 Å². The number of nitrogens with zero attached hydrogens (tertiary/aromatic N) is 4. The van der Waals surface area contributed by atoms with Crippen molar-refractivity contribution in [2.75, 3.05) is 37.0 Å². The Morgan fingerprint density at radius 1 is 1.05 bits per heavy atom. The van der Waals surface area contributed by atoms with Gasteiger partial charge in [0.05, 0.1) is 35.6 Å². The number of pyridine rings is 1. The number of aryl methyl sites for hydroxylation is 1. The van der Waals surface area contributed by atoms with Crippen molar-refractivity contribution in [2.24, 2.45) is 5.92 Å². The van der Waals surface area contributed by atoms with Crippen molar-refractivity contribution >= 4 is 26.7 Å². The first-order valence-corrected chi connectivity index (χ1v) is 16.7. The van der Waals surface area contributed by atoms with Gasteiger partial charge in [0, 0.05) is 23.1 Å². The van der Waals surface area contributed by atoms with Crippen molar-refractivity contribution in [3.8, 4) is 5.88 Å². The van der Waals surface area contributed by atoms with Gasteiger partial charge in [-0.2, -0.15) is 4.98 Å². The van der Waals surface area contributed by atoms with E-state index >= 15 is 13.2 Å². The fourth-order valence-corrected chi connectivity index (χ4v) is 7.84. The third-order valence-corrected chi connectivity index (χ3v) is 10.7. The Balaban J connectivity index is 1.45. The number of halogens is 3. The molecule has 0 amide bonds. The Hall–Kier alpha value is -2.99. The molecule has 0 aliphatic carbocycles. The number of anilines is 1. The minimum absolute atomic E-state index is 0.0780. The van der Waals surface area contributed by atoms with Crippen molar-refractivity contribution < 1.29 is 26.3 Å². The zero-order valence-corrected chi connectivity index (χ0v) is 26.1. The molecule has 0 saturated carbocycles. The molecule has 234 valence electrons. The van der Waals surface area contributed by atoms with Crippen LogP contribution in [0.5, 0.6) is 5.88 Å². The van der Waals surface area contributed by atoms with E-state index in [1.807, 2.05) is 19.9 Å². The number of nitrogens with one attached hydrogen (secondary N) is 1. The zero-order chi connectivity index (χ0) is 31.1. The number of methoxy groups -OCH3 is 1. The number of alkyl halides is 2. The molecule has 5 rings (SSSR count). The van der Waals surface area contributed by atoms with Crippen molar-refractivity contribution in [3.05, 3.63) is 52.6 Å². The number of likely N-dealkylation sites (tertiary alicyclic amines) is 1. The smallest absolute Gasteiger partial charge is 0.278 e. The minimum Gasteiger partial charge on any atom is -0.481 e. The Bertz CT molecular complexity index is 1580. The van der Waals surface area contributed by atoms with E-state index in [2.05, 4.69) is 25.2 Å². The molecule has 0 radical (unpaired) electrons. The second-order valence-corrected chi connectivity index (χ2v) is 14.4. The second-order valence-electron chi connectivity index (χ2n) is 12.1. The zero-order valence-electron chi connectivity index (χ0n) is 25.3. The molecule has 43 heavy (non-hydrogen) atoms. The summed E-state index contributed by atoms with van der Waals surface area (Å²) < 4.78 is 77.0. The highest BCUT2D eigenvalue weighted by Gasteiger charge is 2.45. The van der Waals surface area contributed by atoms with E-state index in [1.54, 1.807) is 13.8 Å². The quantitative estimate of drug-likeness (QED) is 0.320. The Kier molecular flexibility index (Phi) is 8.91. The van der Waals surface area contributed by atoms with E-state index in [4.69, 9.17) is 4.74 Å². The lowest BCUT2D eigenvalue weighted by Gasteiger charge is -2.38. The highest BCUT2D eigenvalue weighted by molar-refractivity contribution is 7.91. The Labute approximate surface area is 251 Å². The summed E-state index contributed by atoms with van der Waals surface area (Å²) in [7, 11) is -1.56. The molecule has 4 heterocycles. The van der Waals surface area contributed by atoms with Gasteiger partial charge in [-0.1, -0.05) is 18.2 Å². The van der Waals surface area contributed by atoms with Crippen LogP contribution in [-0.4, -0.2) is 66.0 Å². The number of piperidine rings is 1. The first kappa shape index (κ1) is 31.4. The summed E-state index contributed by atoms with van der Waals surface area (Å²) in [5.74, 6) is -3.89. The van der Waals surface area contributed by atoms with Gasteiger partial charge in [0.1, 0.15) is 27.3 Å². The number of hydrogen-bond donors (Lipinski definition) is 1. The van der Waals surface area contributed by atoms with E-state index in [0.717, 1.165) is 5.56 Å². The first-order valence-electron chi connectivity index (χ1n) is 14.9. The molecule has 2 aromatic heterocycles. The van der Waals surface area contributed by atoms with Crippen molar-refractivity contribution in [1.82, 2.24) is 19.9 Å². The maximum atomic E-state index is 15.9. The van der Waals surface area contributed by atoms with E-state index in [-0.39, 0.29) is 29.0 Å². The van der Waals surface area contributed by atoms with Crippen LogP contribution in [0, 0.1) is 18.7 Å². The summed E-state index contributed by atoms with van der Waals surface area (Å²) in [5.41, 5.74) is 0.649. The fourth-order valence-electron chi connectivity index (χ4n) is 6.35. The molecule has 0 unspecified atom stereocenters. The third-order valence-electron chi connectivity index (χ3n) is 8.96. The number of benzene rings is 1. The van der Waals surface area contributed by atoms with Crippen LogP contribution in [-0.2, 0) is 15.8 Å². The summed E-state index contributed by atoms with van der Waals surface area (Å²) in [6, 6.07) is 5.61. The van der Waals surface area contributed by atoms with E-state index < -0.39 is 39.1 Å². The van der Waals surface area contributed by atoms with Gasteiger partial charge in [-0.15, -0.1) is 0 Å². The number of hydrogen-bond acceptors (Lipinski definition) is 8. The first-order chi connectivity index (χ1) is 20.3. The molecule has 2 aliphatic rings. The van der Waals surface area contributed by atoms with Crippen molar-refractivity contribution in [3.63, 3.8) is 0 Å². The summed E-state index contributed by atoms with van der Waals surface area (Å²) in [5, 5.41) is 3.78. The maximum Gasteiger partial charge on any atom is 0.278 e. The normalized spacial score (nSPS) is 19.6. The van der Waals surface area contributed by atoms with Gasteiger partial charge in [0.25, 0.3) is 5.92 Å². The molecule has 3 aromatic rings. The maximum absolute atomic E-state index is 15.9. The summed E-state index contributed by atoms with van der Waals surface area (Å²) >= 11 is 0. The molecule has 12 heteroatoms. The lowest BCUT2D eigenvalue weighted by molar-refractivity contribution is -0.0900. The van der Waals surface area contributed by atoms with Crippen LogP contribution < -0.4 is 10.1 Å². The predicted octanol–water partition coefficient (Wildman–Crippen LogP) is 6.16. The van der Waals surface area contributed by atoms with Crippen LogP contribution >= 0.6 is 0 Å². The average Bonchev–Trinajstić information content (AvgIpc) is 2.96. The van der Waals surface area contributed by atoms with Crippen LogP contribution in [0.2, 0.25) is 0 Å². The number of ether oxygens (including phenoxy) is 1. The van der Waals surface area contributed by atoms with Gasteiger partial charge >= 0.3 is 0 Å². The number of rotatable bonds is 8.